The van der Waals surface area contributed by atoms with Gasteiger partial charge >= 0.3 is 0 Å². The average Bonchev–Trinajstić information content (AvgIpc) is 3.00. The summed E-state index contributed by atoms with van der Waals surface area (Å²) in [5.74, 6) is 1.11. The van der Waals surface area contributed by atoms with Crippen molar-refractivity contribution in [1.82, 2.24) is 15.3 Å². The molecule has 0 spiro atoms. The second-order valence-electron chi connectivity index (χ2n) is 5.52. The van der Waals surface area contributed by atoms with E-state index in [-0.39, 0.29) is 0 Å². The summed E-state index contributed by atoms with van der Waals surface area (Å²) in [4.78, 5) is 8.23. The number of aryl methyl sites for hydroxylation is 2. The Hall–Kier alpha value is -1.61. The molecule has 1 fully saturated rings. The van der Waals surface area contributed by atoms with Gasteiger partial charge in [0.15, 0.2) is 0 Å². The largest absolute Gasteiger partial charge is 0.346 e. The number of H-pyrrole nitrogens is 1. The van der Waals surface area contributed by atoms with Gasteiger partial charge in [-0.1, -0.05) is 23.8 Å². The lowest BCUT2D eigenvalue weighted by molar-refractivity contribution is 0.588. The number of rotatable bonds is 3. The molecule has 0 radical (unpaired) electrons. The molecule has 3 heteroatoms. The smallest absolute Gasteiger partial charge is 0.108 e. The Bertz CT molecular complexity index is 565. The molecule has 0 saturated carbocycles. The molecule has 1 atom stereocenters. The van der Waals surface area contributed by atoms with Crippen LogP contribution in [0.4, 0.5) is 0 Å². The van der Waals surface area contributed by atoms with E-state index in [4.69, 9.17) is 4.98 Å². The third-order valence-corrected chi connectivity index (χ3v) is 3.83. The van der Waals surface area contributed by atoms with Crippen molar-refractivity contribution in [2.24, 2.45) is 0 Å². The molecule has 1 aromatic heterocycles. The number of hydrogen-bond acceptors (Lipinski definition) is 2. The van der Waals surface area contributed by atoms with E-state index in [1.54, 1.807) is 0 Å². The monoisotopic (exact) mass is 255 g/mol. The van der Waals surface area contributed by atoms with Crippen molar-refractivity contribution >= 4 is 0 Å². The van der Waals surface area contributed by atoms with Crippen molar-refractivity contribution in [2.75, 3.05) is 6.54 Å². The SMILES string of the molecule is Cc1cccc(-c2nc(CC3CCCN3)[nH]c2C)c1. The van der Waals surface area contributed by atoms with Crippen LogP contribution >= 0.6 is 0 Å². The van der Waals surface area contributed by atoms with Gasteiger partial charge in [0.05, 0.1) is 5.69 Å². The van der Waals surface area contributed by atoms with Crippen LogP contribution in [0.1, 0.15) is 29.9 Å². The predicted octanol–water partition coefficient (Wildman–Crippen LogP) is 2.99. The summed E-state index contributed by atoms with van der Waals surface area (Å²) in [6.07, 6.45) is 3.56. The highest BCUT2D eigenvalue weighted by molar-refractivity contribution is 5.62. The van der Waals surface area contributed by atoms with Crippen LogP contribution in [0.2, 0.25) is 0 Å². The maximum Gasteiger partial charge on any atom is 0.108 e. The van der Waals surface area contributed by atoms with E-state index in [0.29, 0.717) is 6.04 Å². The van der Waals surface area contributed by atoms with Crippen molar-refractivity contribution in [3.8, 4) is 11.3 Å². The van der Waals surface area contributed by atoms with Crippen LogP contribution in [-0.2, 0) is 6.42 Å². The van der Waals surface area contributed by atoms with Crippen LogP contribution in [0.5, 0.6) is 0 Å². The summed E-state index contributed by atoms with van der Waals surface area (Å²) in [6, 6.07) is 9.14. The van der Waals surface area contributed by atoms with E-state index in [9.17, 15) is 0 Å². The highest BCUT2D eigenvalue weighted by Crippen LogP contribution is 2.23. The summed E-state index contributed by atoms with van der Waals surface area (Å²) in [5, 5.41) is 3.52. The standard InChI is InChI=1S/C16H21N3/c1-11-5-3-6-13(9-11)16-12(2)18-15(19-16)10-14-7-4-8-17-14/h3,5-6,9,14,17H,4,7-8,10H2,1-2H3,(H,18,19). The topological polar surface area (TPSA) is 40.7 Å². The molecule has 2 aromatic rings. The van der Waals surface area contributed by atoms with Crippen molar-refractivity contribution < 1.29 is 0 Å². The molecule has 3 nitrogen and oxygen atoms in total. The Labute approximate surface area is 114 Å². The lowest BCUT2D eigenvalue weighted by Gasteiger charge is -2.06. The molecule has 3 rings (SSSR count). The van der Waals surface area contributed by atoms with E-state index >= 15 is 0 Å². The number of aromatic amines is 1. The molecule has 0 aliphatic carbocycles. The fraction of sp³-hybridized carbons (Fsp3) is 0.438. The molecule has 19 heavy (non-hydrogen) atoms. The van der Waals surface area contributed by atoms with Gasteiger partial charge in [0.2, 0.25) is 0 Å². The first kappa shape index (κ1) is 12.4. The van der Waals surface area contributed by atoms with Crippen LogP contribution in [0.25, 0.3) is 11.3 Å². The van der Waals surface area contributed by atoms with E-state index < -0.39 is 0 Å². The van der Waals surface area contributed by atoms with Crippen LogP contribution < -0.4 is 5.32 Å². The van der Waals surface area contributed by atoms with E-state index in [1.807, 2.05) is 0 Å². The molecule has 0 bridgehead atoms. The Kier molecular flexibility index (Phi) is 3.38. The molecule has 1 saturated heterocycles. The van der Waals surface area contributed by atoms with Gasteiger partial charge in [0.25, 0.3) is 0 Å². The number of imidazole rings is 1. The van der Waals surface area contributed by atoms with Crippen LogP contribution in [0.3, 0.4) is 0 Å². The number of hydrogen-bond donors (Lipinski definition) is 2. The van der Waals surface area contributed by atoms with E-state index in [1.165, 1.54) is 29.7 Å². The van der Waals surface area contributed by atoms with Gasteiger partial charge in [0.1, 0.15) is 5.82 Å². The van der Waals surface area contributed by atoms with Gasteiger partial charge in [-0.15, -0.1) is 0 Å². The minimum Gasteiger partial charge on any atom is -0.346 e. The third kappa shape index (κ3) is 2.71. The van der Waals surface area contributed by atoms with Gasteiger partial charge in [-0.2, -0.15) is 0 Å². The molecule has 1 aliphatic rings. The van der Waals surface area contributed by atoms with Gasteiger partial charge in [-0.25, -0.2) is 4.98 Å². The second kappa shape index (κ2) is 5.17. The third-order valence-electron chi connectivity index (χ3n) is 3.83. The summed E-state index contributed by atoms with van der Waals surface area (Å²) in [5.41, 5.74) is 4.74. The molecule has 2 heterocycles. The predicted molar refractivity (Wildman–Crippen MR) is 78.2 cm³/mol. The molecule has 1 aliphatic heterocycles. The maximum absolute atomic E-state index is 4.79. The lowest BCUT2D eigenvalue weighted by Crippen LogP contribution is -2.24. The number of nitrogens with one attached hydrogen (secondary N) is 2. The Morgan fingerprint density at radius 3 is 2.95 bits per heavy atom. The van der Waals surface area contributed by atoms with Gasteiger partial charge in [-0.3, -0.25) is 0 Å². The molecule has 1 aromatic carbocycles. The van der Waals surface area contributed by atoms with Gasteiger partial charge in [-0.05, 0) is 39.3 Å². The van der Waals surface area contributed by atoms with Crippen molar-refractivity contribution in [3.63, 3.8) is 0 Å². The normalized spacial score (nSPS) is 18.9. The average molecular weight is 255 g/mol. The highest BCUT2D eigenvalue weighted by Gasteiger charge is 2.17. The fourth-order valence-corrected chi connectivity index (χ4v) is 2.86. The molecular formula is C16H21N3. The zero-order chi connectivity index (χ0) is 13.2. The Morgan fingerprint density at radius 2 is 2.21 bits per heavy atom. The van der Waals surface area contributed by atoms with E-state index in [0.717, 1.165) is 24.5 Å². The first-order chi connectivity index (χ1) is 9.22. The number of benzene rings is 1. The summed E-state index contributed by atoms with van der Waals surface area (Å²) < 4.78 is 0. The van der Waals surface area contributed by atoms with Crippen LogP contribution in [0.15, 0.2) is 24.3 Å². The first-order valence-electron chi connectivity index (χ1n) is 7.08. The Balaban J connectivity index is 1.84. The summed E-state index contributed by atoms with van der Waals surface area (Å²) in [7, 11) is 0. The zero-order valence-electron chi connectivity index (χ0n) is 11.7. The van der Waals surface area contributed by atoms with Crippen molar-refractivity contribution in [1.29, 1.82) is 0 Å². The molecule has 1 unspecified atom stereocenters. The summed E-state index contributed by atoms with van der Waals surface area (Å²) in [6.45, 7) is 5.38. The van der Waals surface area contributed by atoms with Crippen molar-refractivity contribution in [3.05, 3.63) is 41.3 Å². The van der Waals surface area contributed by atoms with Crippen LogP contribution in [-0.4, -0.2) is 22.6 Å². The minimum atomic E-state index is 0.593. The zero-order valence-corrected chi connectivity index (χ0v) is 11.7. The highest BCUT2D eigenvalue weighted by atomic mass is 15.0. The quantitative estimate of drug-likeness (QED) is 0.885. The molecule has 0 amide bonds. The number of nitrogens with zero attached hydrogens (tertiary/aromatic N) is 1. The fourth-order valence-electron chi connectivity index (χ4n) is 2.86. The maximum atomic E-state index is 4.79. The van der Waals surface area contributed by atoms with Gasteiger partial charge in [0, 0.05) is 23.7 Å². The van der Waals surface area contributed by atoms with E-state index in [2.05, 4.69) is 48.4 Å². The van der Waals surface area contributed by atoms with Crippen LogP contribution in [0, 0.1) is 13.8 Å². The Morgan fingerprint density at radius 1 is 1.32 bits per heavy atom. The first-order valence-corrected chi connectivity index (χ1v) is 7.08. The molecule has 2 N–H and O–H groups in total. The van der Waals surface area contributed by atoms with Crippen molar-refractivity contribution in [2.45, 2.75) is 39.2 Å². The number of aromatic nitrogens is 2. The lowest BCUT2D eigenvalue weighted by atomic mass is 10.1. The molecule has 100 valence electrons. The second-order valence-corrected chi connectivity index (χ2v) is 5.52. The summed E-state index contributed by atoms with van der Waals surface area (Å²) >= 11 is 0. The molecular weight excluding hydrogens is 234 g/mol. The van der Waals surface area contributed by atoms with Gasteiger partial charge < -0.3 is 10.3 Å². The minimum absolute atomic E-state index is 0.593.